The molecule has 1 N–H and O–H groups in total. The van der Waals surface area contributed by atoms with E-state index >= 15 is 0 Å². The monoisotopic (exact) mass is 437 g/mol. The van der Waals surface area contributed by atoms with E-state index in [0.717, 1.165) is 47.8 Å². The van der Waals surface area contributed by atoms with E-state index in [1.54, 1.807) is 22.7 Å². The van der Waals surface area contributed by atoms with Crippen molar-refractivity contribution in [1.82, 2.24) is 14.9 Å². The molecule has 0 bridgehead atoms. The van der Waals surface area contributed by atoms with E-state index in [-0.39, 0.29) is 11.7 Å². The van der Waals surface area contributed by atoms with Crippen LogP contribution in [0.3, 0.4) is 0 Å². The highest BCUT2D eigenvalue weighted by Gasteiger charge is 2.21. The maximum atomic E-state index is 12.8. The SMILES string of the molecule is O=c1[nH]c(CN(Cc2cccs2)C[C@@H]2CCCO2)nc2sc(-c3ccccc3)cc12. The molecule has 154 valence electrons. The van der Waals surface area contributed by atoms with Crippen LogP contribution in [0.25, 0.3) is 20.7 Å². The van der Waals surface area contributed by atoms with Crippen LogP contribution in [0.4, 0.5) is 0 Å². The number of benzene rings is 1. The number of nitrogens with one attached hydrogen (secondary N) is 1. The van der Waals surface area contributed by atoms with Crippen LogP contribution in [0.2, 0.25) is 0 Å². The summed E-state index contributed by atoms with van der Waals surface area (Å²) in [5, 5.41) is 2.76. The first-order valence-electron chi connectivity index (χ1n) is 10.2. The number of rotatable bonds is 7. The second-order valence-corrected chi connectivity index (χ2v) is 9.66. The topological polar surface area (TPSA) is 58.2 Å². The predicted octanol–water partition coefficient (Wildman–Crippen LogP) is 4.89. The summed E-state index contributed by atoms with van der Waals surface area (Å²) in [7, 11) is 0. The molecule has 1 atom stereocenters. The van der Waals surface area contributed by atoms with Gasteiger partial charge in [-0.1, -0.05) is 36.4 Å². The number of aromatic amines is 1. The molecule has 5 rings (SSSR count). The van der Waals surface area contributed by atoms with E-state index in [4.69, 9.17) is 9.72 Å². The van der Waals surface area contributed by atoms with Crippen molar-refractivity contribution in [2.24, 2.45) is 0 Å². The van der Waals surface area contributed by atoms with E-state index < -0.39 is 0 Å². The Morgan fingerprint density at radius 1 is 1.17 bits per heavy atom. The Bertz CT molecular complexity index is 1160. The molecule has 4 aromatic rings. The third-order valence-corrected chi connectivity index (χ3v) is 7.27. The summed E-state index contributed by atoms with van der Waals surface area (Å²) in [5.74, 6) is 0.712. The average molecular weight is 438 g/mol. The number of ether oxygens (including phenoxy) is 1. The van der Waals surface area contributed by atoms with Gasteiger partial charge in [-0.3, -0.25) is 9.69 Å². The molecule has 1 saturated heterocycles. The molecule has 0 amide bonds. The minimum atomic E-state index is -0.0679. The molecule has 0 spiro atoms. The largest absolute Gasteiger partial charge is 0.377 e. The fourth-order valence-electron chi connectivity index (χ4n) is 3.89. The summed E-state index contributed by atoms with van der Waals surface area (Å²) in [6.07, 6.45) is 2.47. The smallest absolute Gasteiger partial charge is 0.259 e. The summed E-state index contributed by atoms with van der Waals surface area (Å²) in [6, 6.07) is 16.3. The molecule has 0 radical (unpaired) electrons. The molecular weight excluding hydrogens is 414 g/mol. The zero-order chi connectivity index (χ0) is 20.3. The summed E-state index contributed by atoms with van der Waals surface area (Å²) in [5.41, 5.74) is 1.04. The fourth-order valence-corrected chi connectivity index (χ4v) is 5.69. The van der Waals surface area contributed by atoms with Crippen LogP contribution in [0.5, 0.6) is 0 Å². The molecule has 0 aliphatic carbocycles. The van der Waals surface area contributed by atoms with Crippen LogP contribution in [-0.2, 0) is 17.8 Å². The first-order chi connectivity index (χ1) is 14.7. The minimum Gasteiger partial charge on any atom is -0.377 e. The van der Waals surface area contributed by atoms with Crippen LogP contribution in [0, 0.1) is 0 Å². The lowest BCUT2D eigenvalue weighted by Gasteiger charge is -2.24. The first kappa shape index (κ1) is 19.6. The number of hydrogen-bond acceptors (Lipinski definition) is 6. The molecule has 1 aliphatic heterocycles. The van der Waals surface area contributed by atoms with Gasteiger partial charge in [0.1, 0.15) is 10.7 Å². The van der Waals surface area contributed by atoms with Gasteiger partial charge in [-0.05, 0) is 35.9 Å². The highest BCUT2D eigenvalue weighted by Crippen LogP contribution is 2.30. The van der Waals surface area contributed by atoms with Crippen molar-refractivity contribution in [2.75, 3.05) is 13.2 Å². The van der Waals surface area contributed by atoms with Gasteiger partial charge in [0.05, 0.1) is 18.0 Å². The molecule has 3 aromatic heterocycles. The molecule has 1 aliphatic rings. The Labute approximate surface area is 183 Å². The number of aromatic nitrogens is 2. The zero-order valence-corrected chi connectivity index (χ0v) is 18.2. The Morgan fingerprint density at radius 2 is 2.07 bits per heavy atom. The van der Waals surface area contributed by atoms with E-state index in [0.29, 0.717) is 17.8 Å². The van der Waals surface area contributed by atoms with Crippen LogP contribution < -0.4 is 5.56 Å². The Morgan fingerprint density at radius 3 is 2.83 bits per heavy atom. The van der Waals surface area contributed by atoms with Crippen molar-refractivity contribution in [3.05, 3.63) is 75.0 Å². The Hall–Kier alpha value is -2.32. The van der Waals surface area contributed by atoms with Gasteiger partial charge in [-0.15, -0.1) is 22.7 Å². The van der Waals surface area contributed by atoms with Gasteiger partial charge in [-0.2, -0.15) is 0 Å². The quantitative estimate of drug-likeness (QED) is 0.447. The molecule has 0 unspecified atom stereocenters. The summed E-state index contributed by atoms with van der Waals surface area (Å²) >= 11 is 3.33. The van der Waals surface area contributed by atoms with Crippen LogP contribution in [0.1, 0.15) is 23.5 Å². The van der Waals surface area contributed by atoms with Crippen molar-refractivity contribution >= 4 is 32.9 Å². The normalized spacial score (nSPS) is 16.6. The molecule has 30 heavy (non-hydrogen) atoms. The highest BCUT2D eigenvalue weighted by atomic mass is 32.1. The highest BCUT2D eigenvalue weighted by molar-refractivity contribution is 7.21. The molecular formula is C23H23N3O2S2. The van der Waals surface area contributed by atoms with Crippen molar-refractivity contribution in [1.29, 1.82) is 0 Å². The maximum Gasteiger partial charge on any atom is 0.259 e. The summed E-state index contributed by atoms with van der Waals surface area (Å²) in [6.45, 7) is 3.12. The molecule has 7 heteroatoms. The number of fused-ring (bicyclic) bond motifs is 1. The Kier molecular flexibility index (Phi) is 5.77. The second-order valence-electron chi connectivity index (χ2n) is 7.59. The Balaban J connectivity index is 1.42. The lowest BCUT2D eigenvalue weighted by molar-refractivity contribution is 0.0674. The van der Waals surface area contributed by atoms with Gasteiger partial charge in [0.15, 0.2) is 0 Å². The maximum absolute atomic E-state index is 12.8. The molecule has 5 nitrogen and oxygen atoms in total. The first-order valence-corrected chi connectivity index (χ1v) is 11.9. The molecule has 4 heterocycles. The van der Waals surface area contributed by atoms with Crippen molar-refractivity contribution in [2.45, 2.75) is 32.0 Å². The lowest BCUT2D eigenvalue weighted by atomic mass is 10.2. The number of H-pyrrole nitrogens is 1. The molecule has 1 fully saturated rings. The minimum absolute atomic E-state index is 0.0679. The molecule has 1 aromatic carbocycles. The summed E-state index contributed by atoms with van der Waals surface area (Å²) < 4.78 is 5.86. The third-order valence-electron chi connectivity index (χ3n) is 5.33. The van der Waals surface area contributed by atoms with Gasteiger partial charge in [0, 0.05) is 29.5 Å². The zero-order valence-electron chi connectivity index (χ0n) is 16.5. The van der Waals surface area contributed by atoms with Crippen LogP contribution in [0.15, 0.2) is 58.7 Å². The fraction of sp³-hybridized carbons (Fsp3) is 0.304. The van der Waals surface area contributed by atoms with Gasteiger partial charge < -0.3 is 9.72 Å². The van der Waals surface area contributed by atoms with E-state index in [1.807, 2.05) is 24.3 Å². The van der Waals surface area contributed by atoms with Crippen molar-refractivity contribution in [3.8, 4) is 10.4 Å². The van der Waals surface area contributed by atoms with Crippen molar-refractivity contribution in [3.63, 3.8) is 0 Å². The summed E-state index contributed by atoms with van der Waals surface area (Å²) in [4.78, 5) is 26.1. The van der Waals surface area contributed by atoms with E-state index in [2.05, 4.69) is 39.5 Å². The van der Waals surface area contributed by atoms with Gasteiger partial charge in [0.25, 0.3) is 5.56 Å². The standard InChI is InChI=1S/C23H23N3O2S2/c27-22-19-12-20(16-6-2-1-3-7-16)30-23(19)25-21(24-22)15-26(13-17-8-4-10-28-17)14-18-9-5-11-29-18/h1-3,5-7,9,11-12,17H,4,8,10,13-15H2,(H,24,25,27)/t17-/m0/s1. The van der Waals surface area contributed by atoms with Gasteiger partial charge >= 0.3 is 0 Å². The van der Waals surface area contributed by atoms with Gasteiger partial charge in [-0.25, -0.2) is 4.98 Å². The van der Waals surface area contributed by atoms with E-state index in [9.17, 15) is 4.79 Å². The van der Waals surface area contributed by atoms with Crippen LogP contribution >= 0.6 is 22.7 Å². The third kappa shape index (κ3) is 4.39. The molecule has 0 saturated carbocycles. The number of thiophene rings is 2. The number of nitrogens with zero attached hydrogens (tertiary/aromatic N) is 2. The average Bonchev–Trinajstić information content (AvgIpc) is 3.50. The second kappa shape index (κ2) is 8.81. The number of hydrogen-bond donors (Lipinski definition) is 1. The van der Waals surface area contributed by atoms with Crippen molar-refractivity contribution < 1.29 is 4.74 Å². The predicted molar refractivity (Wildman–Crippen MR) is 123 cm³/mol. The van der Waals surface area contributed by atoms with Crippen LogP contribution in [-0.4, -0.2) is 34.1 Å². The lowest BCUT2D eigenvalue weighted by Crippen LogP contribution is -2.32. The van der Waals surface area contributed by atoms with E-state index in [1.165, 1.54) is 4.88 Å². The van der Waals surface area contributed by atoms with Gasteiger partial charge in [0.2, 0.25) is 0 Å².